The largest absolute Gasteiger partial charge is 0.365 e. The van der Waals surface area contributed by atoms with Crippen LogP contribution in [0, 0.1) is 13.8 Å². The number of hydrogen-bond donors (Lipinski definition) is 2. The summed E-state index contributed by atoms with van der Waals surface area (Å²) in [7, 11) is 0. The Bertz CT molecular complexity index is 627. The third kappa shape index (κ3) is 2.40. The van der Waals surface area contributed by atoms with Crippen molar-refractivity contribution in [2.24, 2.45) is 0 Å². The Hall–Kier alpha value is -1.69. The second kappa shape index (κ2) is 4.77. The quantitative estimate of drug-likeness (QED) is 0.880. The molecule has 0 bridgehead atoms. The number of aromatic nitrogens is 2. The Kier molecular flexibility index (Phi) is 3.10. The molecule has 0 aromatic carbocycles. The highest BCUT2D eigenvalue weighted by atomic mass is 32.1. The van der Waals surface area contributed by atoms with E-state index in [-0.39, 0.29) is 11.9 Å². The van der Waals surface area contributed by atoms with Crippen molar-refractivity contribution in [3.8, 4) is 0 Å². The molecule has 0 spiro atoms. The van der Waals surface area contributed by atoms with Crippen molar-refractivity contribution in [2.75, 3.05) is 11.9 Å². The fourth-order valence-electron chi connectivity index (χ4n) is 2.34. The third-order valence-corrected chi connectivity index (χ3v) is 4.33. The first-order chi connectivity index (χ1) is 9.13. The average molecular weight is 276 g/mol. The first-order valence-corrected chi connectivity index (χ1v) is 7.27. The van der Waals surface area contributed by atoms with Crippen LogP contribution in [-0.4, -0.2) is 28.5 Å². The molecular formula is C13H16N4OS. The van der Waals surface area contributed by atoms with Gasteiger partial charge in [-0.2, -0.15) is 0 Å². The van der Waals surface area contributed by atoms with Crippen LogP contribution in [0.5, 0.6) is 0 Å². The molecular weight excluding hydrogens is 260 g/mol. The van der Waals surface area contributed by atoms with Crippen molar-refractivity contribution in [3.05, 3.63) is 16.8 Å². The van der Waals surface area contributed by atoms with Gasteiger partial charge in [0.05, 0.1) is 5.39 Å². The second-order valence-corrected chi connectivity index (χ2v) is 5.76. The van der Waals surface area contributed by atoms with Gasteiger partial charge in [0.25, 0.3) is 0 Å². The molecule has 19 heavy (non-hydrogen) atoms. The molecule has 2 aromatic heterocycles. The minimum absolute atomic E-state index is 0.133. The van der Waals surface area contributed by atoms with Crippen LogP contribution < -0.4 is 10.6 Å². The summed E-state index contributed by atoms with van der Waals surface area (Å²) in [6.45, 7) is 4.64. The second-order valence-electron chi connectivity index (χ2n) is 4.90. The zero-order valence-electron chi connectivity index (χ0n) is 11.0. The Morgan fingerprint density at radius 2 is 2.26 bits per heavy atom. The summed E-state index contributed by atoms with van der Waals surface area (Å²) in [5.41, 5.74) is 1.20. The summed E-state index contributed by atoms with van der Waals surface area (Å²) in [4.78, 5) is 21.2. The molecule has 0 aliphatic carbocycles. The van der Waals surface area contributed by atoms with Crippen LogP contribution >= 0.6 is 11.3 Å². The molecule has 100 valence electrons. The third-order valence-electron chi connectivity index (χ3n) is 3.34. The highest BCUT2D eigenvalue weighted by Gasteiger charge is 2.20. The standard InChI is InChI=1S/C13H16N4OS/c1-7-6-19-13-11(7)12(15-8(2)16-13)17-9-3-4-10(18)14-5-9/h6,9H,3-5H2,1-2H3,(H,14,18)(H,15,16,17). The van der Waals surface area contributed by atoms with Crippen molar-refractivity contribution in [1.82, 2.24) is 15.3 Å². The van der Waals surface area contributed by atoms with Crippen LogP contribution in [0.3, 0.4) is 0 Å². The number of piperidine rings is 1. The lowest BCUT2D eigenvalue weighted by Gasteiger charge is -2.24. The summed E-state index contributed by atoms with van der Waals surface area (Å²) < 4.78 is 0. The van der Waals surface area contributed by atoms with E-state index in [4.69, 9.17) is 0 Å². The highest BCUT2D eigenvalue weighted by molar-refractivity contribution is 7.17. The van der Waals surface area contributed by atoms with Crippen LogP contribution in [0.2, 0.25) is 0 Å². The van der Waals surface area contributed by atoms with Crippen LogP contribution in [0.1, 0.15) is 24.2 Å². The fourth-order valence-corrected chi connectivity index (χ4v) is 3.31. The van der Waals surface area contributed by atoms with Crippen molar-refractivity contribution in [1.29, 1.82) is 0 Å². The SMILES string of the molecule is Cc1nc(NC2CCC(=O)NC2)c2c(C)csc2n1. The zero-order chi connectivity index (χ0) is 13.4. The maximum Gasteiger partial charge on any atom is 0.220 e. The number of aryl methyl sites for hydroxylation is 2. The number of hydrogen-bond acceptors (Lipinski definition) is 5. The van der Waals surface area contributed by atoms with Crippen LogP contribution in [0.15, 0.2) is 5.38 Å². The zero-order valence-corrected chi connectivity index (χ0v) is 11.8. The molecule has 3 rings (SSSR count). The van der Waals surface area contributed by atoms with Gasteiger partial charge < -0.3 is 10.6 Å². The number of carbonyl (C=O) groups is 1. The minimum Gasteiger partial charge on any atom is -0.365 e. The van der Waals surface area contributed by atoms with Gasteiger partial charge in [-0.15, -0.1) is 11.3 Å². The van der Waals surface area contributed by atoms with E-state index in [2.05, 4.69) is 32.9 Å². The van der Waals surface area contributed by atoms with Crippen molar-refractivity contribution >= 4 is 33.3 Å². The number of nitrogens with one attached hydrogen (secondary N) is 2. The minimum atomic E-state index is 0.133. The molecule has 1 atom stereocenters. The van der Waals surface area contributed by atoms with Gasteiger partial charge in [-0.25, -0.2) is 9.97 Å². The average Bonchev–Trinajstić information content (AvgIpc) is 2.74. The molecule has 1 amide bonds. The van der Waals surface area contributed by atoms with Gasteiger partial charge in [0.2, 0.25) is 5.91 Å². The lowest BCUT2D eigenvalue weighted by molar-refractivity contribution is -0.122. The first-order valence-electron chi connectivity index (χ1n) is 6.39. The topological polar surface area (TPSA) is 66.9 Å². The Morgan fingerprint density at radius 1 is 1.42 bits per heavy atom. The first kappa shape index (κ1) is 12.3. The molecule has 6 heteroatoms. The predicted molar refractivity (Wildman–Crippen MR) is 76.5 cm³/mol. The maximum atomic E-state index is 11.2. The van der Waals surface area contributed by atoms with Gasteiger partial charge in [0.15, 0.2) is 0 Å². The molecule has 1 unspecified atom stereocenters. The van der Waals surface area contributed by atoms with E-state index in [1.165, 1.54) is 5.56 Å². The van der Waals surface area contributed by atoms with Crippen molar-refractivity contribution < 1.29 is 4.79 Å². The van der Waals surface area contributed by atoms with E-state index >= 15 is 0 Å². The molecule has 2 aromatic rings. The molecule has 1 aliphatic heterocycles. The molecule has 5 nitrogen and oxygen atoms in total. The van der Waals surface area contributed by atoms with Gasteiger partial charge in [-0.05, 0) is 31.2 Å². The lowest BCUT2D eigenvalue weighted by Crippen LogP contribution is -2.42. The van der Waals surface area contributed by atoms with E-state index in [1.54, 1.807) is 11.3 Å². The molecule has 3 heterocycles. The summed E-state index contributed by atoms with van der Waals surface area (Å²) >= 11 is 1.64. The summed E-state index contributed by atoms with van der Waals surface area (Å²) in [5.74, 6) is 1.80. The van der Waals surface area contributed by atoms with Crippen LogP contribution in [-0.2, 0) is 4.79 Å². The van der Waals surface area contributed by atoms with Gasteiger partial charge >= 0.3 is 0 Å². The van der Waals surface area contributed by atoms with Crippen LogP contribution in [0.25, 0.3) is 10.2 Å². The van der Waals surface area contributed by atoms with Crippen molar-refractivity contribution in [2.45, 2.75) is 32.7 Å². The number of anilines is 1. The number of fused-ring (bicyclic) bond motifs is 1. The molecule has 1 saturated heterocycles. The Balaban J connectivity index is 1.91. The molecule has 0 radical (unpaired) electrons. The summed E-state index contributed by atoms with van der Waals surface area (Å²) in [5, 5.41) is 9.54. The highest BCUT2D eigenvalue weighted by Crippen LogP contribution is 2.30. The van der Waals surface area contributed by atoms with Gasteiger partial charge in [-0.1, -0.05) is 0 Å². The van der Waals surface area contributed by atoms with E-state index in [0.717, 1.165) is 28.3 Å². The van der Waals surface area contributed by atoms with Gasteiger partial charge in [0.1, 0.15) is 16.5 Å². The normalized spacial score (nSPS) is 19.5. The van der Waals surface area contributed by atoms with E-state index in [0.29, 0.717) is 13.0 Å². The predicted octanol–water partition coefficient (Wildman–Crippen LogP) is 2.00. The Labute approximate surface area is 115 Å². The lowest BCUT2D eigenvalue weighted by atomic mass is 10.1. The van der Waals surface area contributed by atoms with E-state index in [9.17, 15) is 4.79 Å². The molecule has 1 aliphatic rings. The monoisotopic (exact) mass is 276 g/mol. The number of carbonyl (C=O) groups excluding carboxylic acids is 1. The fraction of sp³-hybridized carbons (Fsp3) is 0.462. The van der Waals surface area contributed by atoms with E-state index < -0.39 is 0 Å². The smallest absolute Gasteiger partial charge is 0.220 e. The Morgan fingerprint density at radius 3 is 3.00 bits per heavy atom. The number of thiophene rings is 1. The van der Waals surface area contributed by atoms with Gasteiger partial charge in [0, 0.05) is 19.0 Å². The molecule has 0 saturated carbocycles. The number of rotatable bonds is 2. The summed E-state index contributed by atoms with van der Waals surface area (Å²) in [6, 6.07) is 0.245. The van der Waals surface area contributed by atoms with E-state index in [1.807, 2.05) is 6.92 Å². The van der Waals surface area contributed by atoms with Crippen molar-refractivity contribution in [3.63, 3.8) is 0 Å². The molecule has 1 fully saturated rings. The summed E-state index contributed by atoms with van der Waals surface area (Å²) in [6.07, 6.45) is 1.42. The van der Waals surface area contributed by atoms with Crippen LogP contribution in [0.4, 0.5) is 5.82 Å². The van der Waals surface area contributed by atoms with Gasteiger partial charge in [-0.3, -0.25) is 4.79 Å². The molecule has 2 N–H and O–H groups in total. The number of nitrogens with zero attached hydrogens (tertiary/aromatic N) is 2. The number of amides is 1. The maximum absolute atomic E-state index is 11.2.